The zero-order valence-electron chi connectivity index (χ0n) is 10.8. The molecule has 0 aliphatic heterocycles. The molecule has 0 unspecified atom stereocenters. The summed E-state index contributed by atoms with van der Waals surface area (Å²) in [7, 11) is 1.71. The highest BCUT2D eigenvalue weighted by atomic mass is 35.5. The normalized spacial score (nSPS) is 17.0. The van der Waals surface area contributed by atoms with Gasteiger partial charge in [0, 0.05) is 17.4 Å². The van der Waals surface area contributed by atoms with Crippen molar-refractivity contribution in [2.75, 3.05) is 19.5 Å². The molecule has 19 heavy (non-hydrogen) atoms. The lowest BCUT2D eigenvalue weighted by Crippen LogP contribution is -2.51. The molecular formula is C13H17Cl2NO2S. The van der Waals surface area contributed by atoms with Crippen LogP contribution in [0.3, 0.4) is 0 Å². The molecule has 1 amide bonds. The van der Waals surface area contributed by atoms with Crippen molar-refractivity contribution in [2.24, 2.45) is 0 Å². The molecule has 6 heteroatoms. The number of hydrogen-bond donors (Lipinski definition) is 0. The van der Waals surface area contributed by atoms with E-state index in [1.165, 1.54) is 0 Å². The molecule has 1 aromatic heterocycles. The van der Waals surface area contributed by atoms with E-state index in [4.69, 9.17) is 27.9 Å². The monoisotopic (exact) mass is 321 g/mol. The van der Waals surface area contributed by atoms with Gasteiger partial charge in [0.15, 0.2) is 0 Å². The molecular weight excluding hydrogens is 305 g/mol. The highest BCUT2D eigenvalue weighted by Crippen LogP contribution is 2.36. The number of halogens is 2. The van der Waals surface area contributed by atoms with Gasteiger partial charge >= 0.3 is 0 Å². The van der Waals surface area contributed by atoms with Crippen LogP contribution in [0.5, 0.6) is 0 Å². The number of carbonyl (C=O) groups is 1. The van der Waals surface area contributed by atoms with Crippen LogP contribution in [0.15, 0.2) is 11.4 Å². The average molecular weight is 322 g/mol. The Morgan fingerprint density at radius 2 is 2.32 bits per heavy atom. The third-order valence-electron chi connectivity index (χ3n) is 3.61. The molecule has 1 saturated carbocycles. The lowest BCUT2D eigenvalue weighted by atomic mass is 9.79. The van der Waals surface area contributed by atoms with Gasteiger partial charge in [-0.3, -0.25) is 4.79 Å². The third kappa shape index (κ3) is 3.63. The zero-order valence-corrected chi connectivity index (χ0v) is 13.2. The molecule has 3 nitrogen and oxygen atoms in total. The SMILES string of the molecule is COC1(CN(Cc2cc(Cl)cs2)C(=O)CCl)CCC1. The van der Waals surface area contributed by atoms with Crippen LogP contribution in [0, 0.1) is 0 Å². The average Bonchev–Trinajstić information content (AvgIpc) is 2.77. The number of hydrogen-bond acceptors (Lipinski definition) is 3. The minimum Gasteiger partial charge on any atom is -0.376 e. The molecule has 0 atom stereocenters. The summed E-state index contributed by atoms with van der Waals surface area (Å²) >= 11 is 13.2. The quantitative estimate of drug-likeness (QED) is 0.750. The summed E-state index contributed by atoms with van der Waals surface area (Å²) in [6.07, 6.45) is 3.16. The molecule has 1 fully saturated rings. The Hall–Kier alpha value is -0.290. The number of carbonyl (C=O) groups excluding carboxylic acids is 1. The van der Waals surface area contributed by atoms with Crippen molar-refractivity contribution in [1.82, 2.24) is 4.90 Å². The summed E-state index contributed by atoms with van der Waals surface area (Å²) in [5, 5.41) is 2.58. The Morgan fingerprint density at radius 3 is 2.74 bits per heavy atom. The summed E-state index contributed by atoms with van der Waals surface area (Å²) in [6.45, 7) is 1.15. The Bertz CT molecular complexity index is 440. The van der Waals surface area contributed by atoms with Crippen molar-refractivity contribution in [1.29, 1.82) is 0 Å². The molecule has 2 rings (SSSR count). The summed E-state index contributed by atoms with van der Waals surface area (Å²) in [5.41, 5.74) is -0.178. The van der Waals surface area contributed by atoms with Gasteiger partial charge in [0.1, 0.15) is 5.88 Å². The maximum absolute atomic E-state index is 12.0. The van der Waals surface area contributed by atoms with E-state index >= 15 is 0 Å². The number of amides is 1. The fourth-order valence-electron chi connectivity index (χ4n) is 2.29. The second-order valence-corrected chi connectivity index (χ2v) is 6.55. The van der Waals surface area contributed by atoms with E-state index in [0.717, 1.165) is 24.1 Å². The fraction of sp³-hybridized carbons (Fsp3) is 0.615. The molecule has 1 aliphatic carbocycles. The van der Waals surface area contributed by atoms with Crippen LogP contribution in [-0.2, 0) is 16.1 Å². The summed E-state index contributed by atoms with van der Waals surface area (Å²) in [4.78, 5) is 14.8. The molecule has 1 aliphatic rings. The Kier molecular flexibility index (Phi) is 5.12. The van der Waals surface area contributed by atoms with Crippen LogP contribution in [0.2, 0.25) is 5.02 Å². The molecule has 0 spiro atoms. The van der Waals surface area contributed by atoms with Crippen LogP contribution in [-0.4, -0.2) is 35.9 Å². The van der Waals surface area contributed by atoms with E-state index in [0.29, 0.717) is 18.1 Å². The van der Waals surface area contributed by atoms with Crippen LogP contribution < -0.4 is 0 Å². The van der Waals surface area contributed by atoms with Crippen molar-refractivity contribution < 1.29 is 9.53 Å². The van der Waals surface area contributed by atoms with Crippen molar-refractivity contribution >= 4 is 40.4 Å². The van der Waals surface area contributed by atoms with Gasteiger partial charge in [0.05, 0.1) is 23.7 Å². The number of methoxy groups -OCH3 is 1. The fourth-order valence-corrected chi connectivity index (χ4v) is 3.54. The lowest BCUT2D eigenvalue weighted by Gasteiger charge is -2.43. The summed E-state index contributed by atoms with van der Waals surface area (Å²) in [5.74, 6) is -0.0617. The van der Waals surface area contributed by atoms with Crippen LogP contribution in [0.4, 0.5) is 0 Å². The van der Waals surface area contributed by atoms with E-state index in [2.05, 4.69) is 0 Å². The largest absolute Gasteiger partial charge is 0.376 e. The van der Waals surface area contributed by atoms with Gasteiger partial charge in [-0.05, 0) is 25.3 Å². The molecule has 106 valence electrons. The van der Waals surface area contributed by atoms with Gasteiger partial charge in [-0.1, -0.05) is 11.6 Å². The van der Waals surface area contributed by atoms with Crippen molar-refractivity contribution in [3.8, 4) is 0 Å². The Morgan fingerprint density at radius 1 is 1.58 bits per heavy atom. The van der Waals surface area contributed by atoms with E-state index < -0.39 is 0 Å². The van der Waals surface area contributed by atoms with Gasteiger partial charge in [-0.2, -0.15) is 0 Å². The standard InChI is InChI=1S/C13H17Cl2NO2S/c1-18-13(3-2-4-13)9-16(12(17)6-14)7-11-5-10(15)8-19-11/h5,8H,2-4,6-7,9H2,1H3. The van der Waals surface area contributed by atoms with Crippen LogP contribution >= 0.6 is 34.5 Å². The first-order valence-electron chi connectivity index (χ1n) is 6.20. The van der Waals surface area contributed by atoms with Crippen molar-refractivity contribution in [2.45, 2.75) is 31.4 Å². The van der Waals surface area contributed by atoms with Crippen molar-refractivity contribution in [3.05, 3.63) is 21.3 Å². The first-order chi connectivity index (χ1) is 9.08. The second kappa shape index (κ2) is 6.44. The molecule has 0 N–H and O–H groups in total. The summed E-state index contributed by atoms with van der Waals surface area (Å²) < 4.78 is 5.58. The maximum Gasteiger partial charge on any atom is 0.237 e. The zero-order chi connectivity index (χ0) is 13.9. The highest BCUT2D eigenvalue weighted by molar-refractivity contribution is 7.10. The Labute approximate surface area is 127 Å². The smallest absolute Gasteiger partial charge is 0.237 e. The molecule has 0 aromatic carbocycles. The minimum absolute atomic E-state index is 0.00109. The van der Waals surface area contributed by atoms with Crippen molar-refractivity contribution in [3.63, 3.8) is 0 Å². The third-order valence-corrected chi connectivity index (χ3v) is 5.11. The highest BCUT2D eigenvalue weighted by Gasteiger charge is 2.39. The van der Waals surface area contributed by atoms with E-state index in [-0.39, 0.29) is 17.4 Å². The number of alkyl halides is 1. The molecule has 1 aromatic rings. The van der Waals surface area contributed by atoms with Gasteiger partial charge in [-0.15, -0.1) is 22.9 Å². The predicted octanol–water partition coefficient (Wildman–Crippen LogP) is 3.54. The predicted molar refractivity (Wildman–Crippen MR) is 79.1 cm³/mol. The van der Waals surface area contributed by atoms with Gasteiger partial charge in [-0.25, -0.2) is 0 Å². The maximum atomic E-state index is 12.0. The lowest BCUT2D eigenvalue weighted by molar-refractivity contribution is -0.139. The summed E-state index contributed by atoms with van der Waals surface area (Å²) in [6, 6.07) is 1.89. The first kappa shape index (κ1) is 15.1. The van der Waals surface area contributed by atoms with Gasteiger partial charge in [0.25, 0.3) is 0 Å². The molecule has 1 heterocycles. The van der Waals surface area contributed by atoms with Crippen LogP contribution in [0.1, 0.15) is 24.1 Å². The topological polar surface area (TPSA) is 29.5 Å². The number of ether oxygens (including phenoxy) is 1. The van der Waals surface area contributed by atoms with E-state index in [1.807, 2.05) is 11.4 Å². The van der Waals surface area contributed by atoms with Gasteiger partial charge < -0.3 is 9.64 Å². The van der Waals surface area contributed by atoms with E-state index in [1.54, 1.807) is 23.3 Å². The number of nitrogens with zero attached hydrogens (tertiary/aromatic N) is 1. The molecule has 0 saturated heterocycles. The molecule has 0 bridgehead atoms. The first-order valence-corrected chi connectivity index (χ1v) is 7.99. The van der Waals surface area contributed by atoms with Crippen LogP contribution in [0.25, 0.3) is 0 Å². The van der Waals surface area contributed by atoms with Gasteiger partial charge in [0.2, 0.25) is 5.91 Å². The second-order valence-electron chi connectivity index (χ2n) is 4.86. The van der Waals surface area contributed by atoms with E-state index in [9.17, 15) is 4.79 Å². The number of rotatable bonds is 6. The number of thiophene rings is 1. The minimum atomic E-state index is -0.178. The Balaban J connectivity index is 2.05. The molecule has 0 radical (unpaired) electrons.